The van der Waals surface area contributed by atoms with Crippen LogP contribution in [0.5, 0.6) is 5.75 Å². The number of carbonyl (C=O) groups is 3. The molecule has 0 bridgehead atoms. The number of urea groups is 1. The lowest BCUT2D eigenvalue weighted by atomic mass is 10.1. The number of carbonyl (C=O) groups excluding carboxylic acids is 3. The zero-order chi connectivity index (χ0) is 21.4. The molecule has 0 radical (unpaired) electrons. The Morgan fingerprint density at radius 2 is 1.67 bits per heavy atom. The summed E-state index contributed by atoms with van der Waals surface area (Å²) in [5.74, 6) is -1.54. The predicted octanol–water partition coefficient (Wildman–Crippen LogP) is 4.16. The monoisotopic (exact) mass is 441 g/mol. The van der Waals surface area contributed by atoms with Gasteiger partial charge in [0.2, 0.25) is 0 Å². The fourth-order valence-corrected chi connectivity index (χ4v) is 3.43. The minimum absolute atomic E-state index is 0.0174. The van der Waals surface area contributed by atoms with Gasteiger partial charge in [0.25, 0.3) is 11.8 Å². The van der Waals surface area contributed by atoms with Crippen LogP contribution >= 0.6 is 23.2 Å². The molecule has 3 aromatic rings. The maximum absolute atomic E-state index is 13.1. The lowest BCUT2D eigenvalue weighted by Gasteiger charge is -2.27. The first-order chi connectivity index (χ1) is 14.4. The second kappa shape index (κ2) is 7.70. The van der Waals surface area contributed by atoms with E-state index in [1.165, 1.54) is 30.3 Å². The van der Waals surface area contributed by atoms with E-state index in [-0.39, 0.29) is 27.1 Å². The number of hydrogen-bond donors (Lipinski definition) is 2. The quantitative estimate of drug-likeness (QED) is 0.471. The maximum atomic E-state index is 13.1. The number of hydrogen-bond acceptors (Lipinski definition) is 4. The van der Waals surface area contributed by atoms with Crippen molar-refractivity contribution in [2.24, 2.45) is 0 Å². The van der Waals surface area contributed by atoms with Crippen molar-refractivity contribution >= 4 is 52.8 Å². The van der Waals surface area contributed by atoms with Crippen LogP contribution in [0.25, 0.3) is 11.8 Å². The van der Waals surface area contributed by atoms with Crippen molar-refractivity contribution in [1.82, 2.24) is 9.88 Å². The Morgan fingerprint density at radius 1 is 0.933 bits per heavy atom. The van der Waals surface area contributed by atoms with Gasteiger partial charge in [-0.25, -0.2) is 9.69 Å². The second-order valence-electron chi connectivity index (χ2n) is 6.35. The molecule has 1 saturated heterocycles. The lowest BCUT2D eigenvalue weighted by molar-refractivity contribution is -0.122. The van der Waals surface area contributed by atoms with Gasteiger partial charge < -0.3 is 9.67 Å². The SMILES string of the molecule is O=C1NC(=O)N(c2cccc(Cl)c2Cl)C(=O)/C1=C\c1cccn1-c1ccc(O)cc1. The largest absolute Gasteiger partial charge is 0.508 e. The minimum Gasteiger partial charge on any atom is -0.508 e. The summed E-state index contributed by atoms with van der Waals surface area (Å²) >= 11 is 12.2. The number of amides is 4. The summed E-state index contributed by atoms with van der Waals surface area (Å²) in [7, 11) is 0. The summed E-state index contributed by atoms with van der Waals surface area (Å²) in [5, 5.41) is 11.8. The zero-order valence-electron chi connectivity index (χ0n) is 15.2. The summed E-state index contributed by atoms with van der Waals surface area (Å²) < 4.78 is 1.72. The summed E-state index contributed by atoms with van der Waals surface area (Å²) in [6.45, 7) is 0. The molecule has 0 aliphatic carbocycles. The average Bonchev–Trinajstić information content (AvgIpc) is 3.17. The fourth-order valence-electron chi connectivity index (χ4n) is 3.05. The number of imide groups is 2. The van der Waals surface area contributed by atoms with Crippen LogP contribution in [-0.2, 0) is 9.59 Å². The third kappa shape index (κ3) is 3.45. The van der Waals surface area contributed by atoms with Crippen LogP contribution in [0, 0.1) is 0 Å². The third-order valence-corrected chi connectivity index (χ3v) is 5.28. The van der Waals surface area contributed by atoms with Gasteiger partial charge in [0, 0.05) is 17.6 Å². The van der Waals surface area contributed by atoms with Gasteiger partial charge in [-0.1, -0.05) is 29.3 Å². The highest BCUT2D eigenvalue weighted by molar-refractivity contribution is 6.46. The van der Waals surface area contributed by atoms with Crippen molar-refractivity contribution in [2.45, 2.75) is 0 Å². The maximum Gasteiger partial charge on any atom is 0.336 e. The highest BCUT2D eigenvalue weighted by Gasteiger charge is 2.38. The van der Waals surface area contributed by atoms with Crippen molar-refractivity contribution in [2.75, 3.05) is 4.90 Å². The van der Waals surface area contributed by atoms with Crippen LogP contribution in [0.1, 0.15) is 5.69 Å². The van der Waals surface area contributed by atoms with Crippen LogP contribution in [0.3, 0.4) is 0 Å². The van der Waals surface area contributed by atoms with Gasteiger partial charge in [0.05, 0.1) is 15.7 Å². The molecule has 2 heterocycles. The number of aromatic nitrogens is 1. The molecular formula is C21H13Cl2N3O4. The molecule has 4 rings (SSSR count). The van der Waals surface area contributed by atoms with E-state index in [0.29, 0.717) is 11.4 Å². The molecule has 0 saturated carbocycles. The van der Waals surface area contributed by atoms with Gasteiger partial charge in [-0.15, -0.1) is 0 Å². The fraction of sp³-hybridized carbons (Fsp3) is 0. The van der Waals surface area contributed by atoms with Crippen molar-refractivity contribution in [3.05, 3.63) is 82.1 Å². The highest BCUT2D eigenvalue weighted by atomic mass is 35.5. The van der Waals surface area contributed by atoms with E-state index < -0.39 is 17.8 Å². The Kier molecular flexibility index (Phi) is 5.07. The average molecular weight is 442 g/mol. The summed E-state index contributed by atoms with van der Waals surface area (Å²) in [4.78, 5) is 38.6. The molecule has 4 amide bonds. The van der Waals surface area contributed by atoms with E-state index in [2.05, 4.69) is 5.32 Å². The smallest absolute Gasteiger partial charge is 0.336 e. The number of phenols is 1. The van der Waals surface area contributed by atoms with E-state index in [4.69, 9.17) is 23.2 Å². The number of barbiturate groups is 1. The molecule has 1 aliphatic heterocycles. The zero-order valence-corrected chi connectivity index (χ0v) is 16.7. The van der Waals surface area contributed by atoms with E-state index >= 15 is 0 Å². The Morgan fingerprint density at radius 3 is 2.40 bits per heavy atom. The van der Waals surface area contributed by atoms with E-state index in [1.807, 2.05) is 0 Å². The van der Waals surface area contributed by atoms with Crippen molar-refractivity contribution < 1.29 is 19.5 Å². The third-order valence-electron chi connectivity index (χ3n) is 4.47. The Labute approximate surface area is 180 Å². The number of aromatic hydroxyl groups is 1. The predicted molar refractivity (Wildman–Crippen MR) is 113 cm³/mol. The molecule has 150 valence electrons. The molecular weight excluding hydrogens is 429 g/mol. The van der Waals surface area contributed by atoms with Crippen molar-refractivity contribution in [3.8, 4) is 11.4 Å². The normalized spacial score (nSPS) is 15.6. The van der Waals surface area contributed by atoms with Crippen LogP contribution in [-0.4, -0.2) is 27.5 Å². The molecule has 9 heteroatoms. The van der Waals surface area contributed by atoms with Crippen molar-refractivity contribution in [3.63, 3.8) is 0 Å². The molecule has 1 aromatic heterocycles. The van der Waals surface area contributed by atoms with E-state index in [9.17, 15) is 19.5 Å². The number of nitrogens with zero attached hydrogens (tertiary/aromatic N) is 2. The van der Waals surface area contributed by atoms with Gasteiger partial charge in [0.1, 0.15) is 11.3 Å². The van der Waals surface area contributed by atoms with Crippen LogP contribution in [0.15, 0.2) is 66.4 Å². The number of halogens is 2. The van der Waals surface area contributed by atoms with Crippen LogP contribution < -0.4 is 10.2 Å². The summed E-state index contributed by atoms with van der Waals surface area (Å²) in [6, 6.07) is 13.4. The van der Waals surface area contributed by atoms with Crippen LogP contribution in [0.4, 0.5) is 10.5 Å². The van der Waals surface area contributed by atoms with Gasteiger partial charge in [-0.2, -0.15) is 0 Å². The molecule has 0 spiro atoms. The second-order valence-corrected chi connectivity index (χ2v) is 7.14. The Bertz CT molecular complexity index is 1220. The molecule has 2 N–H and O–H groups in total. The molecule has 7 nitrogen and oxygen atoms in total. The number of benzene rings is 2. The molecule has 2 aromatic carbocycles. The van der Waals surface area contributed by atoms with Crippen molar-refractivity contribution in [1.29, 1.82) is 0 Å². The van der Waals surface area contributed by atoms with E-state index in [1.54, 1.807) is 41.1 Å². The van der Waals surface area contributed by atoms with Gasteiger partial charge in [0.15, 0.2) is 0 Å². The molecule has 30 heavy (non-hydrogen) atoms. The van der Waals surface area contributed by atoms with Crippen LogP contribution in [0.2, 0.25) is 10.0 Å². The highest BCUT2D eigenvalue weighted by Crippen LogP contribution is 2.34. The van der Waals surface area contributed by atoms with Gasteiger partial charge in [-0.05, 0) is 54.6 Å². The molecule has 1 fully saturated rings. The molecule has 1 aliphatic rings. The van der Waals surface area contributed by atoms with Gasteiger partial charge >= 0.3 is 6.03 Å². The lowest BCUT2D eigenvalue weighted by Crippen LogP contribution is -2.54. The summed E-state index contributed by atoms with van der Waals surface area (Å²) in [5.41, 5.74) is 1.05. The number of nitrogens with one attached hydrogen (secondary N) is 1. The topological polar surface area (TPSA) is 91.6 Å². The van der Waals surface area contributed by atoms with E-state index in [0.717, 1.165) is 4.90 Å². The molecule has 0 atom stereocenters. The van der Waals surface area contributed by atoms with Gasteiger partial charge in [-0.3, -0.25) is 14.9 Å². The Balaban J connectivity index is 1.77. The number of rotatable bonds is 3. The standard InChI is InChI=1S/C21H13Cl2N3O4/c22-16-4-1-5-17(18(16)23)26-20(29)15(19(28)24-21(26)30)11-13-3-2-10-25(13)12-6-8-14(27)9-7-12/h1-11,27H,(H,24,28,30)/b15-11-. The number of phenolic OH excluding ortho intramolecular Hbond substituents is 1. The summed E-state index contributed by atoms with van der Waals surface area (Å²) in [6.07, 6.45) is 3.11. The first-order valence-electron chi connectivity index (χ1n) is 8.69. The molecule has 0 unspecified atom stereocenters. The minimum atomic E-state index is -0.916. The first kappa shape index (κ1) is 19.8. The number of anilines is 1. The first-order valence-corrected chi connectivity index (χ1v) is 9.44. The Hall–Kier alpha value is -3.55.